The Bertz CT molecular complexity index is 769. The summed E-state index contributed by atoms with van der Waals surface area (Å²) in [4.78, 5) is 23.5. The largest absolute Gasteiger partial charge is 0.478 e. The van der Waals surface area contributed by atoms with E-state index in [2.05, 4.69) is 22.3 Å². The predicted molar refractivity (Wildman–Crippen MR) is 101 cm³/mol. The summed E-state index contributed by atoms with van der Waals surface area (Å²) in [6.45, 7) is 5.94. The molecule has 0 bridgehead atoms. The molecule has 2 aromatic carbocycles. The predicted octanol–water partition coefficient (Wildman–Crippen LogP) is 2.07. The van der Waals surface area contributed by atoms with E-state index in [4.69, 9.17) is 15.9 Å². The third-order valence-corrected chi connectivity index (χ3v) is 4.09. The van der Waals surface area contributed by atoms with Crippen molar-refractivity contribution in [2.75, 3.05) is 36.8 Å². The van der Waals surface area contributed by atoms with Gasteiger partial charge in [-0.1, -0.05) is 6.07 Å². The Morgan fingerprint density at radius 2 is 1.62 bits per heavy atom. The molecule has 1 aliphatic rings. The average Bonchev–Trinajstić information content (AvgIpc) is 2.63. The van der Waals surface area contributed by atoms with Crippen molar-refractivity contribution in [3.63, 3.8) is 0 Å². The molecule has 1 heterocycles. The molecule has 26 heavy (non-hydrogen) atoms. The van der Waals surface area contributed by atoms with Crippen LogP contribution < -0.4 is 16.0 Å². The number of carboxylic acids is 2. The zero-order valence-corrected chi connectivity index (χ0v) is 14.6. The molecule has 0 aromatic heterocycles. The summed E-state index contributed by atoms with van der Waals surface area (Å²) in [5.74, 6) is -2.23. The summed E-state index contributed by atoms with van der Waals surface area (Å²) in [7, 11) is 0. The van der Waals surface area contributed by atoms with Crippen LogP contribution in [0.2, 0.25) is 0 Å². The van der Waals surface area contributed by atoms with E-state index in [0.717, 1.165) is 37.9 Å². The second-order valence-electron chi connectivity index (χ2n) is 5.97. The van der Waals surface area contributed by atoms with Gasteiger partial charge in [0.15, 0.2) is 0 Å². The van der Waals surface area contributed by atoms with Crippen molar-refractivity contribution in [3.8, 4) is 0 Å². The summed E-state index contributed by atoms with van der Waals surface area (Å²) >= 11 is 0. The van der Waals surface area contributed by atoms with Crippen molar-refractivity contribution in [2.24, 2.45) is 0 Å². The standard InChI is InChI=1S/C10H15N3.C9H8O4/c11-9-1-3-10(4-2-9)13-7-5-12-6-8-13;1-5-2-3-6(8(10)11)4-7(5)9(12)13/h1-4,12H,5-8,11H2;2-4H,1H3,(H,10,11)(H,12,13). The van der Waals surface area contributed by atoms with E-state index in [1.54, 1.807) is 6.92 Å². The highest BCUT2D eigenvalue weighted by Gasteiger charge is 2.11. The molecule has 1 saturated heterocycles. The summed E-state index contributed by atoms with van der Waals surface area (Å²) in [5, 5.41) is 20.6. The Balaban J connectivity index is 0.000000187. The molecule has 3 rings (SSSR count). The quantitative estimate of drug-likeness (QED) is 0.621. The molecular formula is C19H23N3O4. The minimum atomic E-state index is -1.12. The third kappa shape index (κ3) is 5.22. The average molecular weight is 357 g/mol. The van der Waals surface area contributed by atoms with Gasteiger partial charge in [-0.2, -0.15) is 0 Å². The number of piperazine rings is 1. The number of nitrogens with zero attached hydrogens (tertiary/aromatic N) is 1. The molecule has 7 heteroatoms. The number of hydrogen-bond donors (Lipinski definition) is 4. The van der Waals surface area contributed by atoms with Crippen LogP contribution in [0.5, 0.6) is 0 Å². The van der Waals surface area contributed by atoms with Crippen molar-refractivity contribution in [3.05, 3.63) is 59.2 Å². The number of rotatable bonds is 3. The number of nitrogen functional groups attached to an aromatic ring is 1. The van der Waals surface area contributed by atoms with Crippen LogP contribution in [0, 0.1) is 6.92 Å². The molecule has 138 valence electrons. The smallest absolute Gasteiger partial charge is 0.335 e. The maximum Gasteiger partial charge on any atom is 0.335 e. The lowest BCUT2D eigenvalue weighted by Gasteiger charge is -2.29. The molecule has 2 aromatic rings. The number of carboxylic acid groups (broad SMARTS) is 2. The lowest BCUT2D eigenvalue weighted by molar-refractivity contribution is 0.0695. The van der Waals surface area contributed by atoms with Crippen LogP contribution in [-0.4, -0.2) is 48.3 Å². The van der Waals surface area contributed by atoms with Gasteiger partial charge in [-0.15, -0.1) is 0 Å². The van der Waals surface area contributed by atoms with Crippen molar-refractivity contribution in [2.45, 2.75) is 6.92 Å². The molecule has 1 aliphatic heterocycles. The SMILES string of the molecule is Cc1ccc(C(=O)O)cc1C(=O)O.Nc1ccc(N2CCNCC2)cc1. The Kier molecular flexibility index (Phi) is 6.57. The fourth-order valence-corrected chi connectivity index (χ4v) is 2.59. The van der Waals surface area contributed by atoms with Gasteiger partial charge < -0.3 is 26.2 Å². The van der Waals surface area contributed by atoms with E-state index in [9.17, 15) is 9.59 Å². The third-order valence-electron chi connectivity index (χ3n) is 4.09. The molecule has 0 radical (unpaired) electrons. The van der Waals surface area contributed by atoms with Gasteiger partial charge in [0.2, 0.25) is 0 Å². The Hall–Kier alpha value is -3.06. The first kappa shape index (κ1) is 19.3. The van der Waals surface area contributed by atoms with Gasteiger partial charge in [0.1, 0.15) is 0 Å². The summed E-state index contributed by atoms with van der Waals surface area (Å²) < 4.78 is 0. The zero-order chi connectivity index (χ0) is 19.1. The number of aryl methyl sites for hydroxylation is 1. The van der Waals surface area contributed by atoms with Crippen LogP contribution in [0.4, 0.5) is 11.4 Å². The van der Waals surface area contributed by atoms with Gasteiger partial charge in [-0.25, -0.2) is 9.59 Å². The van der Waals surface area contributed by atoms with Gasteiger partial charge in [-0.05, 0) is 48.9 Å². The minimum Gasteiger partial charge on any atom is -0.478 e. The number of nitrogens with one attached hydrogen (secondary N) is 1. The maximum atomic E-state index is 10.6. The fourth-order valence-electron chi connectivity index (χ4n) is 2.59. The molecule has 1 fully saturated rings. The van der Waals surface area contributed by atoms with Crippen LogP contribution in [0.15, 0.2) is 42.5 Å². The molecule has 0 unspecified atom stereocenters. The number of anilines is 2. The molecule has 0 saturated carbocycles. The van der Waals surface area contributed by atoms with Crippen LogP contribution in [0.1, 0.15) is 26.3 Å². The summed E-state index contributed by atoms with van der Waals surface area (Å²) in [6.07, 6.45) is 0. The number of carbonyl (C=O) groups is 2. The topological polar surface area (TPSA) is 116 Å². The first-order chi connectivity index (χ1) is 12.4. The summed E-state index contributed by atoms with van der Waals surface area (Å²) in [6, 6.07) is 12.1. The number of nitrogens with two attached hydrogens (primary N) is 1. The Morgan fingerprint density at radius 3 is 2.15 bits per heavy atom. The Morgan fingerprint density at radius 1 is 1.00 bits per heavy atom. The van der Waals surface area contributed by atoms with Crippen molar-refractivity contribution >= 4 is 23.3 Å². The number of hydrogen-bond acceptors (Lipinski definition) is 5. The van der Waals surface area contributed by atoms with Gasteiger partial charge in [0.25, 0.3) is 0 Å². The van der Waals surface area contributed by atoms with Gasteiger partial charge in [-0.3, -0.25) is 0 Å². The number of benzene rings is 2. The monoisotopic (exact) mass is 357 g/mol. The second-order valence-corrected chi connectivity index (χ2v) is 5.97. The fraction of sp³-hybridized carbons (Fsp3) is 0.263. The second kappa shape index (κ2) is 8.87. The molecule has 0 atom stereocenters. The lowest BCUT2D eigenvalue weighted by atomic mass is 10.1. The zero-order valence-electron chi connectivity index (χ0n) is 14.6. The first-order valence-corrected chi connectivity index (χ1v) is 8.27. The Labute approximate surface area is 152 Å². The lowest BCUT2D eigenvalue weighted by Crippen LogP contribution is -2.43. The van der Waals surface area contributed by atoms with E-state index < -0.39 is 11.9 Å². The van der Waals surface area contributed by atoms with E-state index in [0.29, 0.717) is 5.56 Å². The molecule has 0 amide bonds. The molecule has 0 aliphatic carbocycles. The highest BCUT2D eigenvalue weighted by Crippen LogP contribution is 2.16. The van der Waals surface area contributed by atoms with Crippen LogP contribution in [0.3, 0.4) is 0 Å². The maximum absolute atomic E-state index is 10.6. The van der Waals surface area contributed by atoms with Crippen molar-refractivity contribution in [1.82, 2.24) is 5.32 Å². The minimum absolute atomic E-state index is 0.0111. The van der Waals surface area contributed by atoms with E-state index in [-0.39, 0.29) is 11.1 Å². The molecule has 7 nitrogen and oxygen atoms in total. The van der Waals surface area contributed by atoms with Gasteiger partial charge >= 0.3 is 11.9 Å². The molecule has 0 spiro atoms. The molecular weight excluding hydrogens is 334 g/mol. The van der Waals surface area contributed by atoms with E-state index >= 15 is 0 Å². The molecule has 5 N–H and O–H groups in total. The van der Waals surface area contributed by atoms with Crippen LogP contribution in [-0.2, 0) is 0 Å². The highest BCUT2D eigenvalue weighted by atomic mass is 16.4. The van der Waals surface area contributed by atoms with Crippen LogP contribution >= 0.6 is 0 Å². The van der Waals surface area contributed by atoms with E-state index in [1.807, 2.05) is 12.1 Å². The first-order valence-electron chi connectivity index (χ1n) is 8.27. The number of aromatic carboxylic acids is 2. The van der Waals surface area contributed by atoms with Gasteiger partial charge in [0.05, 0.1) is 11.1 Å². The van der Waals surface area contributed by atoms with Crippen molar-refractivity contribution in [1.29, 1.82) is 0 Å². The van der Waals surface area contributed by atoms with Gasteiger partial charge in [0, 0.05) is 37.6 Å². The van der Waals surface area contributed by atoms with Crippen molar-refractivity contribution < 1.29 is 19.8 Å². The van der Waals surface area contributed by atoms with Crippen LogP contribution in [0.25, 0.3) is 0 Å². The van der Waals surface area contributed by atoms with E-state index in [1.165, 1.54) is 17.8 Å². The summed E-state index contributed by atoms with van der Waals surface area (Å²) in [5.41, 5.74) is 8.30. The highest BCUT2D eigenvalue weighted by molar-refractivity contribution is 5.94. The normalized spacial score (nSPS) is 13.5.